The number of likely N-dealkylation sites (tertiary alicyclic amines) is 1. The average molecular weight is 242 g/mol. The molecule has 92 valence electrons. The Kier molecular flexibility index (Phi) is 4.53. The molecule has 0 aromatic heterocycles. The SMILES string of the molecule is CC(=O)NCC1CCN(C2CCSC2)CC1. The predicted molar refractivity (Wildman–Crippen MR) is 68.7 cm³/mol. The van der Waals surface area contributed by atoms with Crippen molar-refractivity contribution in [3.05, 3.63) is 0 Å². The molecule has 0 radical (unpaired) electrons. The van der Waals surface area contributed by atoms with Gasteiger partial charge in [0.15, 0.2) is 0 Å². The van der Waals surface area contributed by atoms with E-state index in [1.165, 1.54) is 43.9 Å². The molecule has 16 heavy (non-hydrogen) atoms. The number of rotatable bonds is 3. The topological polar surface area (TPSA) is 32.3 Å². The van der Waals surface area contributed by atoms with Crippen LogP contribution < -0.4 is 5.32 Å². The van der Waals surface area contributed by atoms with Crippen molar-refractivity contribution in [3.63, 3.8) is 0 Å². The fourth-order valence-corrected chi connectivity index (χ4v) is 3.88. The summed E-state index contributed by atoms with van der Waals surface area (Å²) >= 11 is 2.09. The van der Waals surface area contributed by atoms with Crippen LogP contribution >= 0.6 is 11.8 Å². The van der Waals surface area contributed by atoms with Gasteiger partial charge in [0.05, 0.1) is 0 Å². The fraction of sp³-hybridized carbons (Fsp3) is 0.917. The van der Waals surface area contributed by atoms with Gasteiger partial charge in [0.1, 0.15) is 0 Å². The lowest BCUT2D eigenvalue weighted by atomic mass is 9.95. The highest BCUT2D eigenvalue weighted by Gasteiger charge is 2.27. The molecule has 2 heterocycles. The normalized spacial score (nSPS) is 28.2. The summed E-state index contributed by atoms with van der Waals surface area (Å²) in [6.07, 6.45) is 3.88. The van der Waals surface area contributed by atoms with E-state index in [0.29, 0.717) is 5.92 Å². The Morgan fingerprint density at radius 3 is 2.69 bits per heavy atom. The Morgan fingerprint density at radius 1 is 1.38 bits per heavy atom. The van der Waals surface area contributed by atoms with E-state index < -0.39 is 0 Å². The van der Waals surface area contributed by atoms with E-state index in [9.17, 15) is 4.79 Å². The standard InChI is InChI=1S/C12H22N2OS/c1-10(15)13-8-11-2-5-14(6-3-11)12-4-7-16-9-12/h11-12H,2-9H2,1H3,(H,13,15). The van der Waals surface area contributed by atoms with E-state index >= 15 is 0 Å². The van der Waals surface area contributed by atoms with Crippen molar-refractivity contribution in [2.45, 2.75) is 32.2 Å². The molecule has 3 nitrogen and oxygen atoms in total. The Labute approximate surface area is 102 Å². The predicted octanol–water partition coefficient (Wildman–Crippen LogP) is 1.34. The number of carbonyl (C=O) groups is 1. The second-order valence-electron chi connectivity index (χ2n) is 4.93. The number of piperidine rings is 1. The van der Waals surface area contributed by atoms with Crippen LogP contribution in [0.2, 0.25) is 0 Å². The van der Waals surface area contributed by atoms with Gasteiger partial charge in [-0.15, -0.1) is 0 Å². The molecule has 0 spiro atoms. The van der Waals surface area contributed by atoms with Crippen molar-refractivity contribution in [1.82, 2.24) is 10.2 Å². The fourth-order valence-electron chi connectivity index (χ4n) is 2.62. The maximum Gasteiger partial charge on any atom is 0.216 e. The molecule has 2 aliphatic rings. The van der Waals surface area contributed by atoms with Gasteiger partial charge in [-0.05, 0) is 44.0 Å². The van der Waals surface area contributed by atoms with E-state index in [-0.39, 0.29) is 5.91 Å². The molecule has 1 N–H and O–H groups in total. The minimum absolute atomic E-state index is 0.106. The van der Waals surface area contributed by atoms with Gasteiger partial charge >= 0.3 is 0 Å². The second kappa shape index (κ2) is 5.92. The number of nitrogens with one attached hydrogen (secondary N) is 1. The van der Waals surface area contributed by atoms with Gasteiger partial charge in [0, 0.05) is 25.3 Å². The third kappa shape index (κ3) is 3.39. The van der Waals surface area contributed by atoms with Gasteiger partial charge in [-0.1, -0.05) is 0 Å². The number of carbonyl (C=O) groups excluding carboxylic acids is 1. The van der Waals surface area contributed by atoms with E-state index in [0.717, 1.165) is 12.6 Å². The van der Waals surface area contributed by atoms with E-state index in [4.69, 9.17) is 0 Å². The van der Waals surface area contributed by atoms with Crippen molar-refractivity contribution in [1.29, 1.82) is 0 Å². The first-order chi connectivity index (χ1) is 7.75. The van der Waals surface area contributed by atoms with Crippen LogP contribution in [0.15, 0.2) is 0 Å². The van der Waals surface area contributed by atoms with E-state index in [1.807, 2.05) is 0 Å². The summed E-state index contributed by atoms with van der Waals surface area (Å²) in [6.45, 7) is 4.94. The largest absolute Gasteiger partial charge is 0.356 e. The molecule has 0 saturated carbocycles. The first kappa shape index (κ1) is 12.2. The maximum absolute atomic E-state index is 10.8. The minimum Gasteiger partial charge on any atom is -0.356 e. The lowest BCUT2D eigenvalue weighted by Crippen LogP contribution is -2.43. The van der Waals surface area contributed by atoms with Crippen molar-refractivity contribution < 1.29 is 4.79 Å². The Balaban J connectivity index is 1.67. The van der Waals surface area contributed by atoms with Crippen LogP contribution in [0.4, 0.5) is 0 Å². The molecule has 0 bridgehead atoms. The van der Waals surface area contributed by atoms with E-state index in [2.05, 4.69) is 22.0 Å². The zero-order chi connectivity index (χ0) is 11.4. The number of hydrogen-bond acceptors (Lipinski definition) is 3. The Morgan fingerprint density at radius 2 is 2.12 bits per heavy atom. The lowest BCUT2D eigenvalue weighted by molar-refractivity contribution is -0.119. The second-order valence-corrected chi connectivity index (χ2v) is 6.08. The molecular formula is C12H22N2OS. The van der Waals surface area contributed by atoms with Crippen molar-refractivity contribution >= 4 is 17.7 Å². The van der Waals surface area contributed by atoms with E-state index in [1.54, 1.807) is 6.92 Å². The molecule has 2 fully saturated rings. The summed E-state index contributed by atoms with van der Waals surface area (Å²) < 4.78 is 0. The van der Waals surface area contributed by atoms with Crippen molar-refractivity contribution in [3.8, 4) is 0 Å². The molecular weight excluding hydrogens is 220 g/mol. The van der Waals surface area contributed by atoms with Gasteiger partial charge in [-0.25, -0.2) is 0 Å². The Hall–Kier alpha value is -0.220. The molecule has 1 amide bonds. The highest BCUT2D eigenvalue weighted by molar-refractivity contribution is 7.99. The molecule has 1 unspecified atom stereocenters. The summed E-state index contributed by atoms with van der Waals surface area (Å²) in [5, 5.41) is 2.94. The van der Waals surface area contributed by atoms with Crippen LogP contribution in [0, 0.1) is 5.92 Å². The molecule has 4 heteroatoms. The summed E-state index contributed by atoms with van der Waals surface area (Å²) in [4.78, 5) is 13.5. The molecule has 1 atom stereocenters. The molecule has 2 saturated heterocycles. The van der Waals surface area contributed by atoms with Crippen LogP contribution in [0.25, 0.3) is 0 Å². The Bertz CT molecular complexity index is 233. The summed E-state index contributed by atoms with van der Waals surface area (Å²) in [5.41, 5.74) is 0. The lowest BCUT2D eigenvalue weighted by Gasteiger charge is -2.35. The van der Waals surface area contributed by atoms with Crippen molar-refractivity contribution in [2.24, 2.45) is 5.92 Å². The number of amides is 1. The summed E-state index contributed by atoms with van der Waals surface area (Å²) in [7, 11) is 0. The molecule has 0 aromatic carbocycles. The number of thioether (sulfide) groups is 1. The van der Waals surface area contributed by atoms with Crippen LogP contribution in [0.1, 0.15) is 26.2 Å². The zero-order valence-corrected chi connectivity index (χ0v) is 10.9. The first-order valence-electron chi connectivity index (χ1n) is 6.32. The van der Waals surface area contributed by atoms with Crippen molar-refractivity contribution in [2.75, 3.05) is 31.1 Å². The van der Waals surface area contributed by atoms with Gasteiger partial charge in [-0.2, -0.15) is 11.8 Å². The highest BCUT2D eigenvalue weighted by atomic mass is 32.2. The smallest absolute Gasteiger partial charge is 0.216 e. The summed E-state index contributed by atoms with van der Waals surface area (Å²) in [5.74, 6) is 3.48. The number of hydrogen-bond donors (Lipinski definition) is 1. The zero-order valence-electron chi connectivity index (χ0n) is 10.1. The van der Waals surface area contributed by atoms with Gasteiger partial charge in [0.2, 0.25) is 5.91 Å². The maximum atomic E-state index is 10.8. The summed E-state index contributed by atoms with van der Waals surface area (Å²) in [6, 6.07) is 0.840. The quantitative estimate of drug-likeness (QED) is 0.810. The molecule has 0 aliphatic carbocycles. The van der Waals surface area contributed by atoms with Gasteiger partial charge in [-0.3, -0.25) is 9.69 Å². The average Bonchev–Trinajstić information content (AvgIpc) is 2.80. The minimum atomic E-state index is 0.106. The molecule has 2 aliphatic heterocycles. The van der Waals surface area contributed by atoms with Crippen LogP contribution in [0.5, 0.6) is 0 Å². The molecule has 0 aromatic rings. The monoisotopic (exact) mass is 242 g/mol. The number of nitrogens with zero attached hydrogens (tertiary/aromatic N) is 1. The third-order valence-corrected chi connectivity index (χ3v) is 4.86. The first-order valence-corrected chi connectivity index (χ1v) is 7.47. The highest BCUT2D eigenvalue weighted by Crippen LogP contribution is 2.26. The van der Waals surface area contributed by atoms with Crippen LogP contribution in [-0.2, 0) is 4.79 Å². The van der Waals surface area contributed by atoms with Gasteiger partial charge in [0.25, 0.3) is 0 Å². The third-order valence-electron chi connectivity index (χ3n) is 3.71. The van der Waals surface area contributed by atoms with Crippen LogP contribution in [-0.4, -0.2) is 48.0 Å². The van der Waals surface area contributed by atoms with Gasteiger partial charge < -0.3 is 5.32 Å². The molecule has 2 rings (SSSR count). The van der Waals surface area contributed by atoms with Crippen LogP contribution in [0.3, 0.4) is 0 Å².